The third-order valence-corrected chi connectivity index (χ3v) is 2.51. The summed E-state index contributed by atoms with van der Waals surface area (Å²) in [6.07, 6.45) is 7.39. The van der Waals surface area contributed by atoms with Crippen molar-refractivity contribution in [3.63, 3.8) is 0 Å². The van der Waals surface area contributed by atoms with E-state index in [0.29, 0.717) is 5.95 Å². The van der Waals surface area contributed by atoms with E-state index >= 15 is 0 Å². The van der Waals surface area contributed by atoms with Crippen LogP contribution >= 0.6 is 0 Å². The SMILES string of the molecule is CCCCC(CC)C(=O)Nc1ncc[nH]1. The number of aromatic nitrogens is 2. The Hall–Kier alpha value is -1.32. The predicted molar refractivity (Wildman–Crippen MR) is 60.5 cm³/mol. The summed E-state index contributed by atoms with van der Waals surface area (Å²) < 4.78 is 0. The fourth-order valence-corrected chi connectivity index (χ4v) is 1.52. The number of nitrogens with one attached hydrogen (secondary N) is 2. The lowest BCUT2D eigenvalue weighted by Gasteiger charge is -2.12. The fraction of sp³-hybridized carbons (Fsp3) is 0.636. The summed E-state index contributed by atoms with van der Waals surface area (Å²) in [4.78, 5) is 18.6. The van der Waals surface area contributed by atoms with Gasteiger partial charge < -0.3 is 4.98 Å². The van der Waals surface area contributed by atoms with Gasteiger partial charge in [0.15, 0.2) is 0 Å². The average molecular weight is 209 g/mol. The van der Waals surface area contributed by atoms with Crippen LogP contribution in [0.3, 0.4) is 0 Å². The van der Waals surface area contributed by atoms with Gasteiger partial charge in [0.25, 0.3) is 0 Å². The van der Waals surface area contributed by atoms with E-state index in [-0.39, 0.29) is 11.8 Å². The van der Waals surface area contributed by atoms with Gasteiger partial charge in [-0.15, -0.1) is 0 Å². The van der Waals surface area contributed by atoms with E-state index in [2.05, 4.69) is 22.2 Å². The molecule has 1 unspecified atom stereocenters. The Labute approximate surface area is 90.5 Å². The molecule has 2 N–H and O–H groups in total. The number of aromatic amines is 1. The van der Waals surface area contributed by atoms with Crippen molar-refractivity contribution in [2.75, 3.05) is 5.32 Å². The molecular formula is C11H19N3O. The molecule has 1 aromatic heterocycles. The van der Waals surface area contributed by atoms with Crippen molar-refractivity contribution in [3.05, 3.63) is 12.4 Å². The first-order valence-corrected chi connectivity index (χ1v) is 5.58. The number of H-pyrrole nitrogens is 1. The van der Waals surface area contributed by atoms with Gasteiger partial charge in [-0.05, 0) is 12.8 Å². The van der Waals surface area contributed by atoms with E-state index < -0.39 is 0 Å². The lowest BCUT2D eigenvalue weighted by atomic mass is 9.99. The van der Waals surface area contributed by atoms with Gasteiger partial charge in [-0.2, -0.15) is 0 Å². The second-order valence-electron chi connectivity index (χ2n) is 3.67. The summed E-state index contributed by atoms with van der Waals surface area (Å²) in [5, 5.41) is 2.78. The van der Waals surface area contributed by atoms with E-state index in [0.717, 1.165) is 25.7 Å². The first-order chi connectivity index (χ1) is 7.27. The fourth-order valence-electron chi connectivity index (χ4n) is 1.52. The van der Waals surface area contributed by atoms with Gasteiger partial charge >= 0.3 is 0 Å². The van der Waals surface area contributed by atoms with Crippen molar-refractivity contribution in [3.8, 4) is 0 Å². The van der Waals surface area contributed by atoms with Crippen LogP contribution in [0.15, 0.2) is 12.4 Å². The monoisotopic (exact) mass is 209 g/mol. The zero-order valence-corrected chi connectivity index (χ0v) is 9.42. The van der Waals surface area contributed by atoms with Crippen molar-refractivity contribution in [2.45, 2.75) is 39.5 Å². The maximum absolute atomic E-state index is 11.8. The van der Waals surface area contributed by atoms with Crippen LogP contribution in [0, 0.1) is 5.92 Å². The Balaban J connectivity index is 2.43. The Morgan fingerprint density at radius 2 is 2.40 bits per heavy atom. The first kappa shape index (κ1) is 11.8. The molecule has 4 heteroatoms. The molecule has 0 aliphatic rings. The quantitative estimate of drug-likeness (QED) is 0.756. The summed E-state index contributed by atoms with van der Waals surface area (Å²) in [6, 6.07) is 0. The number of carbonyl (C=O) groups is 1. The lowest BCUT2D eigenvalue weighted by Crippen LogP contribution is -2.22. The minimum atomic E-state index is 0.0703. The molecule has 0 aliphatic carbocycles. The van der Waals surface area contributed by atoms with Gasteiger partial charge in [0.05, 0.1) is 0 Å². The van der Waals surface area contributed by atoms with E-state index in [4.69, 9.17) is 0 Å². The van der Waals surface area contributed by atoms with Gasteiger partial charge in [0.1, 0.15) is 0 Å². The molecule has 1 rings (SSSR count). The van der Waals surface area contributed by atoms with Crippen LogP contribution in [0.4, 0.5) is 5.95 Å². The Kier molecular flexibility index (Phi) is 4.87. The highest BCUT2D eigenvalue weighted by Gasteiger charge is 2.16. The zero-order valence-electron chi connectivity index (χ0n) is 9.42. The highest BCUT2D eigenvalue weighted by molar-refractivity contribution is 5.90. The molecule has 1 aromatic rings. The summed E-state index contributed by atoms with van der Waals surface area (Å²) in [5.41, 5.74) is 0. The molecule has 1 atom stereocenters. The number of hydrogen-bond acceptors (Lipinski definition) is 2. The second kappa shape index (κ2) is 6.22. The lowest BCUT2D eigenvalue weighted by molar-refractivity contribution is -0.120. The molecule has 84 valence electrons. The minimum Gasteiger partial charge on any atom is -0.331 e. The van der Waals surface area contributed by atoms with E-state index in [1.807, 2.05) is 6.92 Å². The molecule has 0 aromatic carbocycles. The first-order valence-electron chi connectivity index (χ1n) is 5.58. The largest absolute Gasteiger partial charge is 0.331 e. The maximum atomic E-state index is 11.8. The molecule has 0 radical (unpaired) electrons. The van der Waals surface area contributed by atoms with Crippen LogP contribution in [0.25, 0.3) is 0 Å². The van der Waals surface area contributed by atoms with Crippen LogP contribution < -0.4 is 5.32 Å². The van der Waals surface area contributed by atoms with Crippen molar-refractivity contribution in [1.29, 1.82) is 0 Å². The van der Waals surface area contributed by atoms with Crippen molar-refractivity contribution >= 4 is 11.9 Å². The molecule has 1 amide bonds. The molecule has 0 fully saturated rings. The number of carbonyl (C=O) groups excluding carboxylic acids is 1. The van der Waals surface area contributed by atoms with Crippen LogP contribution in [-0.2, 0) is 4.79 Å². The number of hydrogen-bond donors (Lipinski definition) is 2. The topological polar surface area (TPSA) is 57.8 Å². The molecule has 0 aliphatic heterocycles. The number of anilines is 1. The Morgan fingerprint density at radius 1 is 1.60 bits per heavy atom. The third-order valence-electron chi connectivity index (χ3n) is 2.51. The summed E-state index contributed by atoms with van der Waals surface area (Å²) in [6.45, 7) is 4.18. The molecule has 15 heavy (non-hydrogen) atoms. The number of amides is 1. The molecule has 0 bridgehead atoms. The highest BCUT2D eigenvalue weighted by Crippen LogP contribution is 2.14. The molecule has 0 spiro atoms. The zero-order chi connectivity index (χ0) is 11.1. The normalized spacial score (nSPS) is 12.4. The molecular weight excluding hydrogens is 190 g/mol. The van der Waals surface area contributed by atoms with Crippen LogP contribution in [0.1, 0.15) is 39.5 Å². The standard InChI is InChI=1S/C11H19N3O/c1-3-5-6-9(4-2)10(15)14-11-12-7-8-13-11/h7-9H,3-6H2,1-2H3,(H2,12,13,14,15). The second-order valence-corrected chi connectivity index (χ2v) is 3.67. The minimum absolute atomic E-state index is 0.0703. The summed E-state index contributed by atoms with van der Waals surface area (Å²) in [7, 11) is 0. The highest BCUT2D eigenvalue weighted by atomic mass is 16.2. The van der Waals surface area contributed by atoms with Gasteiger partial charge in [0, 0.05) is 18.3 Å². The number of nitrogens with zero attached hydrogens (tertiary/aromatic N) is 1. The number of rotatable bonds is 6. The van der Waals surface area contributed by atoms with Crippen molar-refractivity contribution < 1.29 is 4.79 Å². The molecule has 0 saturated heterocycles. The van der Waals surface area contributed by atoms with Gasteiger partial charge in [0.2, 0.25) is 11.9 Å². The Bertz CT molecular complexity index is 282. The number of unbranched alkanes of at least 4 members (excludes halogenated alkanes) is 1. The smallest absolute Gasteiger partial charge is 0.229 e. The summed E-state index contributed by atoms with van der Waals surface area (Å²) >= 11 is 0. The Morgan fingerprint density at radius 3 is 2.93 bits per heavy atom. The predicted octanol–water partition coefficient (Wildman–Crippen LogP) is 2.56. The van der Waals surface area contributed by atoms with E-state index in [1.54, 1.807) is 12.4 Å². The van der Waals surface area contributed by atoms with E-state index in [9.17, 15) is 4.79 Å². The van der Waals surface area contributed by atoms with Gasteiger partial charge in [-0.3, -0.25) is 10.1 Å². The van der Waals surface area contributed by atoms with E-state index in [1.165, 1.54) is 0 Å². The summed E-state index contributed by atoms with van der Waals surface area (Å²) in [5.74, 6) is 0.714. The molecule has 1 heterocycles. The van der Waals surface area contributed by atoms with Gasteiger partial charge in [-0.1, -0.05) is 26.7 Å². The number of imidazole rings is 1. The maximum Gasteiger partial charge on any atom is 0.229 e. The average Bonchev–Trinajstić information content (AvgIpc) is 2.71. The molecule has 4 nitrogen and oxygen atoms in total. The van der Waals surface area contributed by atoms with Crippen LogP contribution in [0.2, 0.25) is 0 Å². The molecule has 0 saturated carbocycles. The van der Waals surface area contributed by atoms with Crippen molar-refractivity contribution in [2.24, 2.45) is 5.92 Å². The van der Waals surface area contributed by atoms with Gasteiger partial charge in [-0.25, -0.2) is 4.98 Å². The van der Waals surface area contributed by atoms with Crippen LogP contribution in [0.5, 0.6) is 0 Å². The third kappa shape index (κ3) is 3.73. The van der Waals surface area contributed by atoms with Crippen molar-refractivity contribution in [1.82, 2.24) is 9.97 Å². The van der Waals surface area contributed by atoms with Crippen LogP contribution in [-0.4, -0.2) is 15.9 Å².